The molecule has 3 rings (SSSR count). The first-order valence-corrected chi connectivity index (χ1v) is 8.66. The number of sulfonamides is 1. The summed E-state index contributed by atoms with van der Waals surface area (Å²) in [6, 6.07) is 11.1. The lowest BCUT2D eigenvalue weighted by Crippen LogP contribution is -2.34. The van der Waals surface area contributed by atoms with Gasteiger partial charge in [0.25, 0.3) is 0 Å². The molecule has 0 aliphatic carbocycles. The summed E-state index contributed by atoms with van der Waals surface area (Å²) in [5.74, 6) is -0.893. The first kappa shape index (κ1) is 16.3. The van der Waals surface area contributed by atoms with Crippen LogP contribution in [0.25, 0.3) is 0 Å². The van der Waals surface area contributed by atoms with Crippen LogP contribution in [0.15, 0.2) is 53.4 Å². The number of fused-ring (bicyclic) bond motifs is 1. The Morgan fingerprint density at radius 1 is 1.04 bits per heavy atom. The SMILES string of the molecule is O=C(O)C(NS(=O)(=O)c1cccc2c1OCCO2)c1ccccc1. The van der Waals surface area contributed by atoms with Gasteiger partial charge in [0.1, 0.15) is 24.2 Å². The van der Waals surface area contributed by atoms with Crippen molar-refractivity contribution in [3.05, 3.63) is 54.1 Å². The molecule has 0 radical (unpaired) electrons. The van der Waals surface area contributed by atoms with Gasteiger partial charge in [0.05, 0.1) is 0 Å². The number of para-hydroxylation sites is 1. The second kappa shape index (κ2) is 6.50. The van der Waals surface area contributed by atoms with Crippen LogP contribution in [0.4, 0.5) is 0 Å². The number of aliphatic carboxylic acids is 1. The summed E-state index contributed by atoms with van der Waals surface area (Å²) < 4.78 is 38.3. The monoisotopic (exact) mass is 349 g/mol. The smallest absolute Gasteiger partial charge is 0.326 e. The van der Waals surface area contributed by atoms with Gasteiger partial charge >= 0.3 is 5.97 Å². The van der Waals surface area contributed by atoms with Crippen molar-refractivity contribution in [2.24, 2.45) is 0 Å². The minimum absolute atomic E-state index is 0.0912. The Kier molecular flexibility index (Phi) is 4.41. The van der Waals surface area contributed by atoms with E-state index in [4.69, 9.17) is 9.47 Å². The highest BCUT2D eigenvalue weighted by Crippen LogP contribution is 2.36. The maximum absolute atomic E-state index is 12.7. The van der Waals surface area contributed by atoms with Crippen molar-refractivity contribution >= 4 is 16.0 Å². The Bertz CT molecular complexity index is 850. The predicted octanol–water partition coefficient (Wildman–Crippen LogP) is 1.56. The molecule has 126 valence electrons. The summed E-state index contributed by atoms with van der Waals surface area (Å²) in [6.45, 7) is 0.548. The molecule has 7 nitrogen and oxygen atoms in total. The molecular weight excluding hydrogens is 334 g/mol. The molecule has 1 aliphatic heterocycles. The molecule has 1 unspecified atom stereocenters. The fourth-order valence-corrected chi connectivity index (χ4v) is 3.72. The van der Waals surface area contributed by atoms with Crippen LogP contribution in [0.2, 0.25) is 0 Å². The highest BCUT2D eigenvalue weighted by Gasteiger charge is 2.30. The first-order valence-electron chi connectivity index (χ1n) is 7.18. The molecule has 0 saturated heterocycles. The zero-order valence-electron chi connectivity index (χ0n) is 12.5. The normalized spacial score (nSPS) is 14.8. The fourth-order valence-electron chi connectivity index (χ4n) is 2.38. The molecule has 0 fully saturated rings. The van der Waals surface area contributed by atoms with Crippen molar-refractivity contribution in [1.29, 1.82) is 0 Å². The number of benzene rings is 2. The lowest BCUT2D eigenvalue weighted by molar-refractivity contribution is -0.139. The van der Waals surface area contributed by atoms with E-state index in [1.165, 1.54) is 12.1 Å². The molecule has 2 aromatic rings. The van der Waals surface area contributed by atoms with Gasteiger partial charge < -0.3 is 14.6 Å². The third-order valence-electron chi connectivity index (χ3n) is 3.47. The number of hydrogen-bond donors (Lipinski definition) is 2. The summed E-state index contributed by atoms with van der Waals surface area (Å²) in [4.78, 5) is 11.4. The Balaban J connectivity index is 1.98. The Hall–Kier alpha value is -2.58. The molecule has 24 heavy (non-hydrogen) atoms. The third kappa shape index (κ3) is 3.19. The van der Waals surface area contributed by atoms with Gasteiger partial charge in [-0.25, -0.2) is 8.42 Å². The van der Waals surface area contributed by atoms with E-state index in [9.17, 15) is 18.3 Å². The van der Waals surface area contributed by atoms with E-state index in [0.717, 1.165) is 0 Å². The van der Waals surface area contributed by atoms with Crippen molar-refractivity contribution < 1.29 is 27.8 Å². The van der Waals surface area contributed by atoms with Gasteiger partial charge in [-0.1, -0.05) is 36.4 Å². The molecule has 0 bridgehead atoms. The van der Waals surface area contributed by atoms with Crippen LogP contribution in [-0.4, -0.2) is 32.7 Å². The van der Waals surface area contributed by atoms with Crippen molar-refractivity contribution in [3.8, 4) is 11.5 Å². The second-order valence-corrected chi connectivity index (χ2v) is 6.77. The van der Waals surface area contributed by atoms with Crippen LogP contribution in [0, 0.1) is 0 Å². The van der Waals surface area contributed by atoms with E-state index in [1.807, 2.05) is 0 Å². The number of rotatable bonds is 5. The molecule has 8 heteroatoms. The molecule has 1 aliphatic rings. The molecule has 0 aromatic heterocycles. The van der Waals surface area contributed by atoms with Crippen LogP contribution in [0.5, 0.6) is 11.5 Å². The lowest BCUT2D eigenvalue weighted by atomic mass is 10.1. The minimum atomic E-state index is -4.13. The summed E-state index contributed by atoms with van der Waals surface area (Å²) >= 11 is 0. The second-order valence-electron chi connectivity index (χ2n) is 5.08. The van der Waals surface area contributed by atoms with E-state index in [-0.39, 0.29) is 17.3 Å². The maximum Gasteiger partial charge on any atom is 0.326 e. The van der Waals surface area contributed by atoms with Crippen LogP contribution in [0.3, 0.4) is 0 Å². The zero-order chi connectivity index (χ0) is 17.2. The van der Waals surface area contributed by atoms with Crippen LogP contribution in [-0.2, 0) is 14.8 Å². The van der Waals surface area contributed by atoms with E-state index in [1.54, 1.807) is 36.4 Å². The van der Waals surface area contributed by atoms with Gasteiger partial charge in [0.15, 0.2) is 11.5 Å². The van der Waals surface area contributed by atoms with Gasteiger partial charge in [-0.2, -0.15) is 4.72 Å². The van der Waals surface area contributed by atoms with E-state index >= 15 is 0 Å². The number of carbonyl (C=O) groups is 1. The topological polar surface area (TPSA) is 102 Å². The Morgan fingerprint density at radius 2 is 1.75 bits per heavy atom. The van der Waals surface area contributed by atoms with Crippen molar-refractivity contribution in [2.75, 3.05) is 13.2 Å². The van der Waals surface area contributed by atoms with E-state index in [2.05, 4.69) is 4.72 Å². The first-order chi connectivity index (χ1) is 11.5. The third-order valence-corrected chi connectivity index (χ3v) is 4.92. The minimum Gasteiger partial charge on any atom is -0.486 e. The van der Waals surface area contributed by atoms with Gasteiger partial charge in [-0.05, 0) is 17.7 Å². The average molecular weight is 349 g/mol. The van der Waals surface area contributed by atoms with Crippen molar-refractivity contribution in [3.63, 3.8) is 0 Å². The Morgan fingerprint density at radius 3 is 2.46 bits per heavy atom. The highest BCUT2D eigenvalue weighted by atomic mass is 32.2. The maximum atomic E-state index is 12.7. The lowest BCUT2D eigenvalue weighted by Gasteiger charge is -2.22. The molecule has 0 amide bonds. The van der Waals surface area contributed by atoms with Crippen LogP contribution >= 0.6 is 0 Å². The average Bonchev–Trinajstić information content (AvgIpc) is 2.60. The number of hydrogen-bond acceptors (Lipinski definition) is 5. The van der Waals surface area contributed by atoms with Gasteiger partial charge in [-0.15, -0.1) is 0 Å². The number of carboxylic acid groups (broad SMARTS) is 1. The molecule has 0 spiro atoms. The summed E-state index contributed by atoms with van der Waals surface area (Å²) in [5, 5.41) is 9.39. The summed E-state index contributed by atoms with van der Waals surface area (Å²) in [6.07, 6.45) is 0. The van der Waals surface area contributed by atoms with Crippen LogP contribution in [0.1, 0.15) is 11.6 Å². The molecule has 0 saturated carbocycles. The summed E-state index contributed by atoms with van der Waals surface area (Å²) in [7, 11) is -4.13. The quantitative estimate of drug-likeness (QED) is 0.849. The van der Waals surface area contributed by atoms with E-state index < -0.39 is 22.0 Å². The fraction of sp³-hybridized carbons (Fsp3) is 0.188. The number of nitrogens with one attached hydrogen (secondary N) is 1. The largest absolute Gasteiger partial charge is 0.486 e. The zero-order valence-corrected chi connectivity index (χ0v) is 13.3. The van der Waals surface area contributed by atoms with Crippen molar-refractivity contribution in [2.45, 2.75) is 10.9 Å². The number of carboxylic acids is 1. The van der Waals surface area contributed by atoms with Gasteiger partial charge in [0, 0.05) is 0 Å². The van der Waals surface area contributed by atoms with E-state index in [0.29, 0.717) is 17.9 Å². The molecule has 1 atom stereocenters. The predicted molar refractivity (Wildman–Crippen MR) is 84.6 cm³/mol. The Labute approximate surface area is 138 Å². The molecule has 1 heterocycles. The van der Waals surface area contributed by atoms with Gasteiger partial charge in [-0.3, -0.25) is 4.79 Å². The standard InChI is InChI=1S/C16H15NO6S/c18-16(19)14(11-5-2-1-3-6-11)17-24(20,21)13-8-4-7-12-15(13)23-10-9-22-12/h1-8,14,17H,9-10H2,(H,18,19). The number of ether oxygens (including phenoxy) is 2. The van der Waals surface area contributed by atoms with Gasteiger partial charge in [0.2, 0.25) is 10.0 Å². The molecule has 2 N–H and O–H groups in total. The molecular formula is C16H15NO6S. The van der Waals surface area contributed by atoms with Crippen molar-refractivity contribution in [1.82, 2.24) is 4.72 Å². The molecule has 2 aromatic carbocycles. The summed E-state index contributed by atoms with van der Waals surface area (Å²) in [5.41, 5.74) is 0.329. The highest BCUT2D eigenvalue weighted by molar-refractivity contribution is 7.89. The van der Waals surface area contributed by atoms with Crippen LogP contribution < -0.4 is 14.2 Å².